The highest BCUT2D eigenvalue weighted by Gasteiger charge is 2.14. The molecule has 0 aliphatic carbocycles. The lowest BCUT2D eigenvalue weighted by Crippen LogP contribution is -2.10. The molecule has 0 aliphatic rings. The molecule has 0 bridgehead atoms. The van der Waals surface area contributed by atoms with Gasteiger partial charge in [-0.25, -0.2) is 0 Å². The number of nitrogens with zero attached hydrogens (tertiary/aromatic N) is 1. The molecule has 0 fully saturated rings. The molecule has 0 atom stereocenters. The van der Waals surface area contributed by atoms with Crippen molar-refractivity contribution in [2.75, 3.05) is 19.0 Å². The highest BCUT2D eigenvalue weighted by atomic mass is 35.5. The average Bonchev–Trinajstić information content (AvgIpc) is 2.39. The molecule has 19 heavy (non-hydrogen) atoms. The molecule has 0 radical (unpaired) electrons. The van der Waals surface area contributed by atoms with E-state index in [0.29, 0.717) is 16.6 Å². The van der Waals surface area contributed by atoms with Crippen LogP contribution in [-0.2, 0) is 6.54 Å². The van der Waals surface area contributed by atoms with E-state index in [-0.39, 0.29) is 0 Å². The Morgan fingerprint density at radius 3 is 2.32 bits per heavy atom. The monoisotopic (exact) mass is 294 g/mol. The fourth-order valence-electron chi connectivity index (χ4n) is 2.08. The van der Waals surface area contributed by atoms with Crippen molar-refractivity contribution in [1.82, 2.24) is 0 Å². The van der Waals surface area contributed by atoms with Crippen molar-refractivity contribution in [3.05, 3.63) is 52.0 Å². The third-order valence-electron chi connectivity index (χ3n) is 3.07. The number of rotatable bonds is 3. The van der Waals surface area contributed by atoms with Gasteiger partial charge in [0.15, 0.2) is 0 Å². The van der Waals surface area contributed by atoms with Crippen molar-refractivity contribution in [2.45, 2.75) is 6.54 Å². The molecule has 0 heterocycles. The van der Waals surface area contributed by atoms with Crippen molar-refractivity contribution in [3.8, 4) is 11.1 Å². The first-order chi connectivity index (χ1) is 9.06. The van der Waals surface area contributed by atoms with Crippen molar-refractivity contribution in [1.29, 1.82) is 0 Å². The molecule has 0 spiro atoms. The van der Waals surface area contributed by atoms with Crippen molar-refractivity contribution in [3.63, 3.8) is 0 Å². The fourth-order valence-corrected chi connectivity index (χ4v) is 2.71. The Morgan fingerprint density at radius 1 is 1.00 bits per heavy atom. The van der Waals surface area contributed by atoms with Gasteiger partial charge in [-0.3, -0.25) is 0 Å². The Kier molecular flexibility index (Phi) is 4.35. The summed E-state index contributed by atoms with van der Waals surface area (Å²) >= 11 is 12.6. The molecular weight excluding hydrogens is 279 g/mol. The molecule has 4 heteroatoms. The number of anilines is 1. The molecule has 0 unspecified atom stereocenters. The summed E-state index contributed by atoms with van der Waals surface area (Å²) in [5.74, 6) is 0. The fraction of sp³-hybridized carbons (Fsp3) is 0.200. The van der Waals surface area contributed by atoms with E-state index in [0.717, 1.165) is 22.4 Å². The molecular formula is C15H16Cl2N2. The summed E-state index contributed by atoms with van der Waals surface area (Å²) in [6.45, 7) is 0.329. The first-order valence-corrected chi connectivity index (χ1v) is 6.75. The summed E-state index contributed by atoms with van der Waals surface area (Å²) in [6.07, 6.45) is 0. The number of nitrogens with two attached hydrogens (primary N) is 1. The van der Waals surface area contributed by atoms with E-state index >= 15 is 0 Å². The Bertz CT molecular complexity index is 595. The zero-order chi connectivity index (χ0) is 14.0. The Morgan fingerprint density at radius 2 is 1.68 bits per heavy atom. The van der Waals surface area contributed by atoms with E-state index < -0.39 is 0 Å². The third kappa shape index (κ3) is 2.71. The average molecular weight is 295 g/mol. The number of para-hydroxylation sites is 1. The van der Waals surface area contributed by atoms with Crippen LogP contribution >= 0.6 is 23.2 Å². The number of benzene rings is 2. The summed E-state index contributed by atoms with van der Waals surface area (Å²) in [7, 11) is 4.01. The van der Waals surface area contributed by atoms with Gasteiger partial charge in [0.05, 0.1) is 5.02 Å². The van der Waals surface area contributed by atoms with Crippen molar-refractivity contribution >= 4 is 28.9 Å². The van der Waals surface area contributed by atoms with E-state index in [1.807, 2.05) is 44.4 Å². The van der Waals surface area contributed by atoms with Crippen LogP contribution in [0.3, 0.4) is 0 Å². The van der Waals surface area contributed by atoms with Crippen LogP contribution in [0.15, 0.2) is 36.4 Å². The second-order valence-corrected chi connectivity index (χ2v) is 5.29. The van der Waals surface area contributed by atoms with Gasteiger partial charge in [0, 0.05) is 48.0 Å². The summed E-state index contributed by atoms with van der Waals surface area (Å²) in [5.41, 5.74) is 9.64. The Balaban J connectivity index is 2.66. The van der Waals surface area contributed by atoms with Crippen LogP contribution in [0.25, 0.3) is 11.1 Å². The van der Waals surface area contributed by atoms with Crippen LogP contribution in [0, 0.1) is 0 Å². The maximum absolute atomic E-state index is 6.44. The number of hydrogen-bond donors (Lipinski definition) is 1. The molecule has 0 aromatic heterocycles. The molecule has 0 aliphatic heterocycles. The lowest BCUT2D eigenvalue weighted by Gasteiger charge is -2.19. The van der Waals surface area contributed by atoms with E-state index in [9.17, 15) is 0 Å². The minimum absolute atomic E-state index is 0.329. The quantitative estimate of drug-likeness (QED) is 0.920. The van der Waals surface area contributed by atoms with E-state index in [1.165, 1.54) is 0 Å². The molecule has 100 valence electrons. The smallest absolute Gasteiger partial charge is 0.0544 e. The van der Waals surface area contributed by atoms with Gasteiger partial charge in [-0.2, -0.15) is 0 Å². The number of halogens is 2. The predicted molar refractivity (Wildman–Crippen MR) is 84.1 cm³/mol. The molecule has 2 N–H and O–H groups in total. The van der Waals surface area contributed by atoms with Crippen LogP contribution in [0.1, 0.15) is 5.56 Å². The van der Waals surface area contributed by atoms with Gasteiger partial charge >= 0.3 is 0 Å². The lowest BCUT2D eigenvalue weighted by atomic mass is 10.0. The molecule has 2 aromatic carbocycles. The SMILES string of the molecule is CN(C)c1ccccc1-c1ccc(Cl)c(CN)c1Cl. The molecule has 2 aromatic rings. The molecule has 2 nitrogen and oxygen atoms in total. The van der Waals surface area contributed by atoms with Gasteiger partial charge < -0.3 is 10.6 Å². The van der Waals surface area contributed by atoms with Gasteiger partial charge in [0.2, 0.25) is 0 Å². The van der Waals surface area contributed by atoms with Gasteiger partial charge in [-0.15, -0.1) is 0 Å². The van der Waals surface area contributed by atoms with Gasteiger partial charge in [0.1, 0.15) is 0 Å². The summed E-state index contributed by atoms with van der Waals surface area (Å²) in [4.78, 5) is 2.06. The van der Waals surface area contributed by atoms with Crippen LogP contribution in [0.4, 0.5) is 5.69 Å². The first-order valence-electron chi connectivity index (χ1n) is 6.00. The zero-order valence-corrected chi connectivity index (χ0v) is 12.5. The van der Waals surface area contributed by atoms with Gasteiger partial charge in [-0.05, 0) is 12.1 Å². The second kappa shape index (κ2) is 5.83. The summed E-state index contributed by atoms with van der Waals surface area (Å²) in [6, 6.07) is 11.9. The maximum Gasteiger partial charge on any atom is 0.0544 e. The van der Waals surface area contributed by atoms with Crippen LogP contribution in [-0.4, -0.2) is 14.1 Å². The topological polar surface area (TPSA) is 29.3 Å². The highest BCUT2D eigenvalue weighted by molar-refractivity contribution is 6.38. The molecule has 0 saturated heterocycles. The minimum atomic E-state index is 0.329. The van der Waals surface area contributed by atoms with E-state index in [2.05, 4.69) is 11.0 Å². The summed E-state index contributed by atoms with van der Waals surface area (Å²) in [5, 5.41) is 1.24. The largest absolute Gasteiger partial charge is 0.377 e. The Hall–Kier alpha value is -1.22. The normalized spacial score (nSPS) is 10.6. The molecule has 0 saturated carbocycles. The van der Waals surface area contributed by atoms with Crippen LogP contribution in [0.2, 0.25) is 10.0 Å². The predicted octanol–water partition coefficient (Wildman–Crippen LogP) is 4.19. The highest BCUT2D eigenvalue weighted by Crippen LogP contribution is 2.38. The minimum Gasteiger partial charge on any atom is -0.377 e. The second-order valence-electron chi connectivity index (χ2n) is 4.50. The zero-order valence-electron chi connectivity index (χ0n) is 11.0. The van der Waals surface area contributed by atoms with Gasteiger partial charge in [0.25, 0.3) is 0 Å². The Labute approximate surface area is 123 Å². The third-order valence-corrected chi connectivity index (χ3v) is 3.85. The van der Waals surface area contributed by atoms with Crippen LogP contribution < -0.4 is 10.6 Å². The summed E-state index contributed by atoms with van der Waals surface area (Å²) < 4.78 is 0. The number of hydrogen-bond acceptors (Lipinski definition) is 2. The first kappa shape index (κ1) is 14.2. The molecule has 2 rings (SSSR count). The molecule has 0 amide bonds. The van der Waals surface area contributed by atoms with E-state index in [4.69, 9.17) is 28.9 Å². The standard InChI is InChI=1S/C15H16Cl2N2/c1-19(2)14-6-4-3-5-10(14)11-7-8-13(16)12(9-18)15(11)17/h3-8H,9,18H2,1-2H3. The van der Waals surface area contributed by atoms with Crippen molar-refractivity contribution in [2.24, 2.45) is 5.73 Å². The van der Waals surface area contributed by atoms with Gasteiger partial charge in [-0.1, -0.05) is 47.5 Å². The maximum atomic E-state index is 6.44. The van der Waals surface area contributed by atoms with Crippen LogP contribution in [0.5, 0.6) is 0 Å². The van der Waals surface area contributed by atoms with Crippen molar-refractivity contribution < 1.29 is 0 Å². The lowest BCUT2D eigenvalue weighted by molar-refractivity contribution is 1.07. The van der Waals surface area contributed by atoms with E-state index in [1.54, 1.807) is 0 Å².